The summed E-state index contributed by atoms with van der Waals surface area (Å²) >= 11 is 0. The molecule has 3 heteroatoms. The van der Waals surface area contributed by atoms with Crippen molar-refractivity contribution in [1.29, 1.82) is 0 Å². The number of hydrogen-bond donors (Lipinski definition) is 1. The van der Waals surface area contributed by atoms with Gasteiger partial charge in [-0.3, -0.25) is 0 Å². The van der Waals surface area contributed by atoms with Gasteiger partial charge in [-0.2, -0.15) is 0 Å². The van der Waals surface area contributed by atoms with Gasteiger partial charge in [0.15, 0.2) is 0 Å². The van der Waals surface area contributed by atoms with Gasteiger partial charge in [-0.15, -0.1) is 0 Å². The van der Waals surface area contributed by atoms with E-state index in [1.54, 1.807) is 0 Å². The largest absolute Gasteiger partial charge is 0.387 e. The van der Waals surface area contributed by atoms with Crippen molar-refractivity contribution in [2.75, 3.05) is 0 Å². The van der Waals surface area contributed by atoms with Gasteiger partial charge in [0.25, 0.3) is 6.43 Å². The van der Waals surface area contributed by atoms with Crippen LogP contribution in [-0.4, -0.2) is 17.6 Å². The molecule has 3 atom stereocenters. The Labute approximate surface area is 52.7 Å². The molecule has 1 nitrogen and oxygen atoms in total. The van der Waals surface area contributed by atoms with Gasteiger partial charge in [-0.05, 0) is 18.3 Å². The first-order valence-corrected chi connectivity index (χ1v) is 3.09. The third-order valence-corrected chi connectivity index (χ3v) is 1.87. The lowest BCUT2D eigenvalue weighted by atomic mass is 10.2. The first kappa shape index (κ1) is 6.93. The van der Waals surface area contributed by atoms with Crippen molar-refractivity contribution in [1.82, 2.24) is 0 Å². The Kier molecular flexibility index (Phi) is 1.70. The van der Waals surface area contributed by atoms with Crippen LogP contribution in [0, 0.1) is 11.8 Å². The third-order valence-electron chi connectivity index (χ3n) is 1.87. The average Bonchev–Trinajstić information content (AvgIpc) is 2.44. The van der Waals surface area contributed by atoms with Crippen LogP contribution >= 0.6 is 0 Å². The highest BCUT2D eigenvalue weighted by Crippen LogP contribution is 2.42. The molecule has 1 aliphatic rings. The van der Waals surface area contributed by atoms with Gasteiger partial charge < -0.3 is 5.11 Å². The van der Waals surface area contributed by atoms with Gasteiger partial charge in [0.2, 0.25) is 0 Å². The summed E-state index contributed by atoms with van der Waals surface area (Å²) in [4.78, 5) is 0. The van der Waals surface area contributed by atoms with Gasteiger partial charge in [0.1, 0.15) is 6.10 Å². The van der Waals surface area contributed by atoms with Crippen molar-refractivity contribution in [3.63, 3.8) is 0 Å². The van der Waals surface area contributed by atoms with Crippen molar-refractivity contribution >= 4 is 0 Å². The van der Waals surface area contributed by atoms with Crippen LogP contribution in [0.3, 0.4) is 0 Å². The first-order chi connectivity index (χ1) is 4.13. The lowest BCUT2D eigenvalue weighted by Crippen LogP contribution is -2.20. The first-order valence-electron chi connectivity index (χ1n) is 3.09. The molecule has 0 aromatic rings. The number of aliphatic hydroxyl groups excluding tert-OH is 1. The van der Waals surface area contributed by atoms with E-state index in [2.05, 4.69) is 0 Å². The van der Waals surface area contributed by atoms with E-state index in [4.69, 9.17) is 5.11 Å². The Morgan fingerprint density at radius 3 is 2.11 bits per heavy atom. The van der Waals surface area contributed by atoms with E-state index in [1.807, 2.05) is 6.92 Å². The summed E-state index contributed by atoms with van der Waals surface area (Å²) in [5.41, 5.74) is 0. The van der Waals surface area contributed by atoms with Crippen molar-refractivity contribution in [2.24, 2.45) is 11.8 Å². The zero-order chi connectivity index (χ0) is 7.02. The number of halogens is 2. The highest BCUT2D eigenvalue weighted by molar-refractivity contribution is 4.89. The molecule has 0 bridgehead atoms. The lowest BCUT2D eigenvalue weighted by molar-refractivity contribution is -0.0194. The number of alkyl halides is 2. The standard InChI is InChI=1S/C6H10F2O/c1-3-2-4(3)5(9)6(7)8/h3-6,9H,2H2,1H3. The summed E-state index contributed by atoms with van der Waals surface area (Å²) in [5.74, 6) is 0.166. The zero-order valence-electron chi connectivity index (χ0n) is 5.22. The summed E-state index contributed by atoms with van der Waals surface area (Å²) in [7, 11) is 0. The summed E-state index contributed by atoms with van der Waals surface area (Å²) in [5, 5.41) is 8.69. The smallest absolute Gasteiger partial charge is 0.264 e. The molecule has 0 spiro atoms. The third kappa shape index (κ3) is 1.39. The normalized spacial score (nSPS) is 37.0. The van der Waals surface area contributed by atoms with Gasteiger partial charge in [-0.25, -0.2) is 8.78 Å². The fourth-order valence-electron chi connectivity index (χ4n) is 1.01. The monoisotopic (exact) mass is 136 g/mol. The van der Waals surface area contributed by atoms with Crippen LogP contribution in [0.5, 0.6) is 0 Å². The van der Waals surface area contributed by atoms with Gasteiger partial charge >= 0.3 is 0 Å². The Hall–Kier alpha value is -0.180. The molecule has 0 aromatic heterocycles. The van der Waals surface area contributed by atoms with Crippen LogP contribution in [0.2, 0.25) is 0 Å². The predicted molar refractivity (Wildman–Crippen MR) is 29.3 cm³/mol. The Balaban J connectivity index is 2.27. The molecule has 1 fully saturated rings. The minimum absolute atomic E-state index is 0.134. The molecule has 0 aliphatic heterocycles. The maximum atomic E-state index is 11.6. The van der Waals surface area contributed by atoms with Gasteiger partial charge in [-0.1, -0.05) is 6.92 Å². The van der Waals surface area contributed by atoms with E-state index in [1.165, 1.54) is 0 Å². The molecule has 3 unspecified atom stereocenters. The summed E-state index contributed by atoms with van der Waals surface area (Å²) in [6.07, 6.45) is -3.18. The Morgan fingerprint density at radius 1 is 1.56 bits per heavy atom. The number of aliphatic hydroxyl groups is 1. The van der Waals surface area contributed by atoms with Crippen LogP contribution in [0.25, 0.3) is 0 Å². The molecule has 0 radical (unpaired) electrons. The SMILES string of the molecule is CC1CC1C(O)C(F)F. The molecule has 0 amide bonds. The highest BCUT2D eigenvalue weighted by atomic mass is 19.3. The average molecular weight is 136 g/mol. The second-order valence-corrected chi connectivity index (χ2v) is 2.70. The Morgan fingerprint density at radius 2 is 2.00 bits per heavy atom. The maximum Gasteiger partial charge on any atom is 0.264 e. The second kappa shape index (κ2) is 2.21. The van der Waals surface area contributed by atoms with Gasteiger partial charge in [0.05, 0.1) is 0 Å². The molecule has 0 heterocycles. The molecule has 0 aromatic carbocycles. The topological polar surface area (TPSA) is 20.2 Å². The molecule has 54 valence electrons. The molecule has 9 heavy (non-hydrogen) atoms. The zero-order valence-corrected chi connectivity index (χ0v) is 5.22. The molecule has 0 saturated heterocycles. The van der Waals surface area contributed by atoms with E-state index < -0.39 is 12.5 Å². The lowest BCUT2D eigenvalue weighted by Gasteiger charge is -2.05. The van der Waals surface area contributed by atoms with Crippen molar-refractivity contribution in [3.8, 4) is 0 Å². The van der Waals surface area contributed by atoms with Crippen molar-refractivity contribution < 1.29 is 13.9 Å². The van der Waals surface area contributed by atoms with E-state index in [0.29, 0.717) is 5.92 Å². The van der Waals surface area contributed by atoms with E-state index in [9.17, 15) is 8.78 Å². The van der Waals surface area contributed by atoms with E-state index >= 15 is 0 Å². The van der Waals surface area contributed by atoms with E-state index in [0.717, 1.165) is 6.42 Å². The molecule has 1 N–H and O–H groups in total. The Bertz CT molecular complexity index is 105. The van der Waals surface area contributed by atoms with Crippen LogP contribution < -0.4 is 0 Å². The minimum Gasteiger partial charge on any atom is -0.387 e. The molecule has 1 rings (SSSR count). The highest BCUT2D eigenvalue weighted by Gasteiger charge is 2.42. The van der Waals surface area contributed by atoms with Gasteiger partial charge in [0, 0.05) is 0 Å². The fourth-order valence-corrected chi connectivity index (χ4v) is 1.01. The van der Waals surface area contributed by atoms with Crippen LogP contribution in [-0.2, 0) is 0 Å². The number of rotatable bonds is 2. The van der Waals surface area contributed by atoms with Crippen LogP contribution in [0.1, 0.15) is 13.3 Å². The van der Waals surface area contributed by atoms with Crippen LogP contribution in [0.15, 0.2) is 0 Å². The molecular weight excluding hydrogens is 126 g/mol. The minimum atomic E-state index is -2.56. The molecule has 1 saturated carbocycles. The van der Waals surface area contributed by atoms with E-state index in [-0.39, 0.29) is 5.92 Å². The fraction of sp³-hybridized carbons (Fsp3) is 1.00. The van der Waals surface area contributed by atoms with Crippen molar-refractivity contribution in [3.05, 3.63) is 0 Å². The predicted octanol–water partition coefficient (Wildman–Crippen LogP) is 1.27. The summed E-state index contributed by atoms with van der Waals surface area (Å²) in [6.45, 7) is 1.87. The summed E-state index contributed by atoms with van der Waals surface area (Å²) < 4.78 is 23.3. The number of hydrogen-bond acceptors (Lipinski definition) is 1. The summed E-state index contributed by atoms with van der Waals surface area (Å²) in [6, 6.07) is 0. The molecular formula is C6H10F2O. The van der Waals surface area contributed by atoms with Crippen molar-refractivity contribution in [2.45, 2.75) is 25.9 Å². The molecule has 1 aliphatic carbocycles. The van der Waals surface area contributed by atoms with Crippen LogP contribution in [0.4, 0.5) is 8.78 Å². The quantitative estimate of drug-likeness (QED) is 0.606. The maximum absolute atomic E-state index is 11.6. The second-order valence-electron chi connectivity index (χ2n) is 2.70.